The van der Waals surface area contributed by atoms with Gasteiger partial charge in [-0.25, -0.2) is 0 Å². The fourth-order valence-corrected chi connectivity index (χ4v) is 3.13. The topological polar surface area (TPSA) is 41.5 Å². The number of hydrogen-bond acceptors (Lipinski definition) is 3. The lowest BCUT2D eigenvalue weighted by Gasteiger charge is -2.31. The molecule has 0 aliphatic heterocycles. The molecular weight excluding hydrogens is 319 g/mol. The Morgan fingerprint density at radius 2 is 1.79 bits per heavy atom. The van der Waals surface area contributed by atoms with Crippen molar-refractivity contribution in [2.24, 2.45) is 5.92 Å². The van der Waals surface area contributed by atoms with Gasteiger partial charge in [0.25, 0.3) is 0 Å². The lowest BCUT2D eigenvalue weighted by Crippen LogP contribution is -2.41. The number of alkyl halides is 3. The highest BCUT2D eigenvalue weighted by Gasteiger charge is 2.41. The molecule has 1 aliphatic rings. The van der Waals surface area contributed by atoms with Crippen LogP contribution < -0.4 is 10.1 Å². The zero-order valence-corrected chi connectivity index (χ0v) is 14.1. The van der Waals surface area contributed by atoms with Crippen LogP contribution in [0, 0.1) is 25.8 Å². The number of hydrogen-bond donors (Lipinski definition) is 2. The van der Waals surface area contributed by atoms with E-state index in [1.165, 1.54) is 0 Å². The van der Waals surface area contributed by atoms with Gasteiger partial charge in [0.15, 0.2) is 0 Å². The standard InChI is InChI=1S/C18H25F3NO2/c1-12-4-3-5-13(2)17(12)24-11-16(23)10-22-15-8-6-14(7-9-15)18(19,20)21/h4-5,14-16,22-23H,6-11H2,1-2H3. The molecule has 1 fully saturated rings. The highest BCUT2D eigenvalue weighted by atomic mass is 19.4. The van der Waals surface area contributed by atoms with Crippen LogP contribution in [0.25, 0.3) is 0 Å². The quantitative estimate of drug-likeness (QED) is 0.829. The molecule has 0 saturated heterocycles. The number of aryl methyl sites for hydroxylation is 2. The first-order valence-corrected chi connectivity index (χ1v) is 8.35. The number of aliphatic hydroxyl groups excluding tert-OH is 1. The van der Waals surface area contributed by atoms with E-state index in [1.807, 2.05) is 26.0 Å². The van der Waals surface area contributed by atoms with Crippen LogP contribution in [-0.2, 0) is 0 Å². The summed E-state index contributed by atoms with van der Waals surface area (Å²) in [6.45, 7) is 4.31. The molecule has 1 aliphatic carbocycles. The minimum absolute atomic E-state index is 0.0352. The maximum atomic E-state index is 12.6. The Morgan fingerprint density at radius 3 is 2.33 bits per heavy atom. The normalized spacial score (nSPS) is 23.1. The zero-order valence-electron chi connectivity index (χ0n) is 14.1. The summed E-state index contributed by atoms with van der Waals surface area (Å²) < 4.78 is 43.6. The molecule has 1 unspecified atom stereocenters. The number of ether oxygens (including phenoxy) is 1. The Kier molecular flexibility index (Phi) is 6.52. The first kappa shape index (κ1) is 19.1. The van der Waals surface area contributed by atoms with Crippen molar-refractivity contribution in [3.05, 3.63) is 29.3 Å². The molecule has 1 atom stereocenters. The van der Waals surface area contributed by atoms with Crippen molar-refractivity contribution in [3.63, 3.8) is 0 Å². The summed E-state index contributed by atoms with van der Waals surface area (Å²) in [7, 11) is 0. The third kappa shape index (κ3) is 5.38. The van der Waals surface area contributed by atoms with E-state index in [1.54, 1.807) is 0 Å². The molecule has 6 heteroatoms. The fraction of sp³-hybridized carbons (Fsp3) is 0.667. The van der Waals surface area contributed by atoms with Crippen LogP contribution >= 0.6 is 0 Å². The van der Waals surface area contributed by atoms with Crippen molar-refractivity contribution in [1.82, 2.24) is 5.32 Å². The second kappa shape index (κ2) is 8.21. The second-order valence-electron chi connectivity index (χ2n) is 6.61. The van der Waals surface area contributed by atoms with Crippen LogP contribution in [0.4, 0.5) is 13.2 Å². The lowest BCUT2D eigenvalue weighted by molar-refractivity contribution is -0.182. The van der Waals surface area contributed by atoms with E-state index in [0.29, 0.717) is 19.4 Å². The van der Waals surface area contributed by atoms with Crippen molar-refractivity contribution in [2.75, 3.05) is 13.2 Å². The molecule has 3 nitrogen and oxygen atoms in total. The van der Waals surface area contributed by atoms with Gasteiger partial charge in [0.05, 0.1) is 5.92 Å². The summed E-state index contributed by atoms with van der Waals surface area (Å²) in [6.07, 6.45) is -3.48. The average molecular weight is 344 g/mol. The highest BCUT2D eigenvalue weighted by Crippen LogP contribution is 2.37. The van der Waals surface area contributed by atoms with Gasteiger partial charge in [-0.15, -0.1) is 0 Å². The van der Waals surface area contributed by atoms with Crippen molar-refractivity contribution < 1.29 is 23.0 Å². The van der Waals surface area contributed by atoms with E-state index in [2.05, 4.69) is 11.4 Å². The van der Waals surface area contributed by atoms with Gasteiger partial charge in [0, 0.05) is 12.6 Å². The molecule has 24 heavy (non-hydrogen) atoms. The third-order valence-corrected chi connectivity index (χ3v) is 4.57. The number of nitrogens with one attached hydrogen (secondary N) is 1. The summed E-state index contributed by atoms with van der Waals surface area (Å²) >= 11 is 0. The summed E-state index contributed by atoms with van der Waals surface area (Å²) in [6, 6.07) is 6.69. The molecule has 0 amide bonds. The number of halogens is 3. The third-order valence-electron chi connectivity index (χ3n) is 4.57. The van der Waals surface area contributed by atoms with Crippen LogP contribution in [0.2, 0.25) is 0 Å². The Bertz CT molecular complexity index is 505. The smallest absolute Gasteiger partial charge is 0.391 e. The van der Waals surface area contributed by atoms with Gasteiger partial charge >= 0.3 is 6.18 Å². The molecule has 0 heterocycles. The molecule has 0 spiro atoms. The van der Waals surface area contributed by atoms with Crippen LogP contribution in [0.1, 0.15) is 36.8 Å². The van der Waals surface area contributed by atoms with Crippen LogP contribution in [0.3, 0.4) is 0 Å². The minimum atomic E-state index is -4.08. The van der Waals surface area contributed by atoms with E-state index >= 15 is 0 Å². The minimum Gasteiger partial charge on any atom is -0.490 e. The predicted octanol–water partition coefficient (Wildman–Crippen LogP) is 3.55. The van der Waals surface area contributed by atoms with E-state index in [9.17, 15) is 18.3 Å². The van der Waals surface area contributed by atoms with Gasteiger partial charge < -0.3 is 15.2 Å². The maximum Gasteiger partial charge on any atom is 0.391 e. The summed E-state index contributed by atoms with van der Waals surface area (Å²) in [4.78, 5) is 0. The molecule has 1 radical (unpaired) electrons. The largest absolute Gasteiger partial charge is 0.490 e. The van der Waals surface area contributed by atoms with Crippen LogP contribution in [0.15, 0.2) is 12.1 Å². The number of rotatable bonds is 6. The van der Waals surface area contributed by atoms with Crippen molar-refractivity contribution >= 4 is 0 Å². The molecule has 1 saturated carbocycles. The molecule has 2 rings (SSSR count). The predicted molar refractivity (Wildman–Crippen MR) is 86.1 cm³/mol. The Labute approximate surface area is 141 Å². The molecule has 0 aromatic heterocycles. The van der Waals surface area contributed by atoms with Crippen molar-refractivity contribution in [3.8, 4) is 5.75 Å². The summed E-state index contributed by atoms with van der Waals surface area (Å²) in [5.41, 5.74) is 1.92. The van der Waals surface area contributed by atoms with E-state index < -0.39 is 18.2 Å². The Morgan fingerprint density at radius 1 is 1.21 bits per heavy atom. The van der Waals surface area contributed by atoms with Gasteiger partial charge in [0.2, 0.25) is 0 Å². The highest BCUT2D eigenvalue weighted by molar-refractivity contribution is 5.39. The molecule has 135 valence electrons. The van der Waals surface area contributed by atoms with Gasteiger partial charge in [-0.3, -0.25) is 0 Å². The lowest BCUT2D eigenvalue weighted by atomic mass is 9.85. The maximum absolute atomic E-state index is 12.6. The van der Waals surface area contributed by atoms with E-state index in [-0.39, 0.29) is 25.5 Å². The van der Waals surface area contributed by atoms with Crippen molar-refractivity contribution in [2.45, 2.75) is 57.9 Å². The molecule has 1 aromatic carbocycles. The van der Waals surface area contributed by atoms with Gasteiger partial charge in [-0.2, -0.15) is 13.2 Å². The summed E-state index contributed by atoms with van der Waals surface area (Å²) in [5, 5.41) is 13.2. The Balaban J connectivity index is 1.70. The van der Waals surface area contributed by atoms with E-state index in [0.717, 1.165) is 16.9 Å². The van der Waals surface area contributed by atoms with E-state index in [4.69, 9.17) is 4.74 Å². The fourth-order valence-electron chi connectivity index (χ4n) is 3.13. The van der Waals surface area contributed by atoms with Gasteiger partial charge in [-0.05, 0) is 68.9 Å². The average Bonchev–Trinajstić information content (AvgIpc) is 2.52. The monoisotopic (exact) mass is 344 g/mol. The van der Waals surface area contributed by atoms with Crippen molar-refractivity contribution in [1.29, 1.82) is 0 Å². The van der Waals surface area contributed by atoms with Gasteiger partial charge in [0.1, 0.15) is 18.5 Å². The second-order valence-corrected chi connectivity index (χ2v) is 6.61. The molecular formula is C18H25F3NO2. The molecule has 2 N–H and O–H groups in total. The van der Waals surface area contributed by atoms with Crippen LogP contribution in [0.5, 0.6) is 5.75 Å². The Hall–Kier alpha value is -1.27. The number of benzene rings is 1. The van der Waals surface area contributed by atoms with Gasteiger partial charge in [-0.1, -0.05) is 0 Å². The number of aliphatic hydroxyl groups is 1. The molecule has 1 aromatic rings. The summed E-state index contributed by atoms with van der Waals surface area (Å²) in [5.74, 6) is -0.428. The van der Waals surface area contributed by atoms with Crippen LogP contribution in [-0.4, -0.2) is 36.6 Å². The first-order valence-electron chi connectivity index (χ1n) is 8.35. The first-order chi connectivity index (χ1) is 11.3. The zero-order chi connectivity index (χ0) is 17.7. The SMILES string of the molecule is Cc1c[c]cc(C)c1OCC(O)CNC1CCC(C(F)(F)F)CC1. The molecule has 0 bridgehead atoms.